The lowest BCUT2D eigenvalue weighted by atomic mass is 9.88. The monoisotopic (exact) mass is 251 g/mol. The standard InChI is InChI=1S/C14H18ClNO/c1-10(9-15)14(17)16-13-7-6-11-4-2-3-5-12(11)8-13/h2-5,10,13H,6-9H2,1H3,(H,16,17). The minimum Gasteiger partial charge on any atom is -0.353 e. The third-order valence-electron chi connectivity index (χ3n) is 3.37. The Hall–Kier alpha value is -1.02. The lowest BCUT2D eigenvalue weighted by molar-refractivity contribution is -0.124. The lowest BCUT2D eigenvalue weighted by Gasteiger charge is -2.26. The van der Waals surface area contributed by atoms with E-state index in [1.807, 2.05) is 6.92 Å². The first-order valence-corrected chi connectivity index (χ1v) is 6.67. The van der Waals surface area contributed by atoms with Gasteiger partial charge in [-0.15, -0.1) is 11.6 Å². The van der Waals surface area contributed by atoms with E-state index in [1.54, 1.807) is 0 Å². The maximum absolute atomic E-state index is 11.8. The topological polar surface area (TPSA) is 29.1 Å². The molecule has 3 heteroatoms. The molecule has 0 aromatic heterocycles. The number of hydrogen-bond donors (Lipinski definition) is 1. The predicted octanol–water partition coefficient (Wildman–Crippen LogP) is 2.54. The Morgan fingerprint density at radius 1 is 1.47 bits per heavy atom. The summed E-state index contributed by atoms with van der Waals surface area (Å²) >= 11 is 5.68. The maximum atomic E-state index is 11.8. The van der Waals surface area contributed by atoms with Crippen LogP contribution in [-0.4, -0.2) is 17.8 Å². The molecule has 1 aromatic carbocycles. The van der Waals surface area contributed by atoms with Gasteiger partial charge in [0.1, 0.15) is 0 Å². The molecule has 1 aromatic rings. The molecule has 1 amide bonds. The molecule has 2 atom stereocenters. The highest BCUT2D eigenvalue weighted by molar-refractivity contribution is 6.19. The molecule has 2 unspecified atom stereocenters. The fraction of sp³-hybridized carbons (Fsp3) is 0.500. The highest BCUT2D eigenvalue weighted by Crippen LogP contribution is 2.21. The van der Waals surface area contributed by atoms with Gasteiger partial charge in [0.15, 0.2) is 0 Å². The van der Waals surface area contributed by atoms with Gasteiger partial charge in [-0.2, -0.15) is 0 Å². The van der Waals surface area contributed by atoms with Crippen LogP contribution in [0.25, 0.3) is 0 Å². The van der Waals surface area contributed by atoms with E-state index in [0.29, 0.717) is 5.88 Å². The van der Waals surface area contributed by atoms with Crippen LogP contribution < -0.4 is 5.32 Å². The average molecular weight is 252 g/mol. The summed E-state index contributed by atoms with van der Waals surface area (Å²) < 4.78 is 0. The highest BCUT2D eigenvalue weighted by atomic mass is 35.5. The van der Waals surface area contributed by atoms with Gasteiger partial charge < -0.3 is 5.32 Å². The lowest BCUT2D eigenvalue weighted by Crippen LogP contribution is -2.41. The van der Waals surface area contributed by atoms with E-state index >= 15 is 0 Å². The summed E-state index contributed by atoms with van der Waals surface area (Å²) in [7, 11) is 0. The van der Waals surface area contributed by atoms with Gasteiger partial charge in [0.2, 0.25) is 5.91 Å². The average Bonchev–Trinajstić information content (AvgIpc) is 2.37. The van der Waals surface area contributed by atoms with Crippen molar-refractivity contribution in [1.29, 1.82) is 0 Å². The number of nitrogens with one attached hydrogen (secondary N) is 1. The Morgan fingerprint density at radius 3 is 2.88 bits per heavy atom. The molecule has 1 N–H and O–H groups in total. The minimum absolute atomic E-state index is 0.0735. The number of carbonyl (C=O) groups excluding carboxylic acids is 1. The highest BCUT2D eigenvalue weighted by Gasteiger charge is 2.21. The molecular weight excluding hydrogens is 234 g/mol. The van der Waals surface area contributed by atoms with Crippen molar-refractivity contribution in [2.45, 2.75) is 32.2 Å². The van der Waals surface area contributed by atoms with Gasteiger partial charge in [-0.1, -0.05) is 31.2 Å². The van der Waals surface area contributed by atoms with E-state index in [0.717, 1.165) is 19.3 Å². The van der Waals surface area contributed by atoms with Crippen molar-refractivity contribution in [2.24, 2.45) is 5.92 Å². The number of rotatable bonds is 3. The number of carbonyl (C=O) groups is 1. The van der Waals surface area contributed by atoms with Crippen molar-refractivity contribution < 1.29 is 4.79 Å². The summed E-state index contributed by atoms with van der Waals surface area (Å²) in [6.45, 7) is 1.86. The fourth-order valence-electron chi connectivity index (χ4n) is 2.23. The van der Waals surface area contributed by atoms with Gasteiger partial charge in [-0.25, -0.2) is 0 Å². The molecule has 1 aliphatic rings. The van der Waals surface area contributed by atoms with Crippen molar-refractivity contribution in [3.05, 3.63) is 35.4 Å². The summed E-state index contributed by atoms with van der Waals surface area (Å²) in [5.41, 5.74) is 2.78. The number of benzene rings is 1. The number of aryl methyl sites for hydroxylation is 1. The Labute approximate surface area is 107 Å². The second-order valence-electron chi connectivity index (χ2n) is 4.77. The summed E-state index contributed by atoms with van der Waals surface area (Å²) in [4.78, 5) is 11.8. The Morgan fingerprint density at radius 2 is 2.18 bits per heavy atom. The summed E-state index contributed by atoms with van der Waals surface area (Å²) in [5.74, 6) is 0.355. The molecule has 0 fully saturated rings. The maximum Gasteiger partial charge on any atom is 0.224 e. The van der Waals surface area contributed by atoms with Gasteiger partial charge in [-0.3, -0.25) is 4.79 Å². The normalized spacial score (nSPS) is 20.5. The number of fused-ring (bicyclic) bond motifs is 1. The number of alkyl halides is 1. The molecule has 0 saturated heterocycles. The molecule has 2 nitrogen and oxygen atoms in total. The molecular formula is C14H18ClNO. The molecule has 1 aliphatic carbocycles. The van der Waals surface area contributed by atoms with Crippen LogP contribution in [0.5, 0.6) is 0 Å². The van der Waals surface area contributed by atoms with Gasteiger partial charge >= 0.3 is 0 Å². The van der Waals surface area contributed by atoms with Gasteiger partial charge in [0.05, 0.1) is 0 Å². The number of halogens is 1. The summed E-state index contributed by atoms with van der Waals surface area (Å²) in [5, 5.41) is 3.09. The molecule has 0 heterocycles. The van der Waals surface area contributed by atoms with Crippen LogP contribution in [0.2, 0.25) is 0 Å². The minimum atomic E-state index is -0.103. The van der Waals surface area contributed by atoms with Crippen LogP contribution in [0.4, 0.5) is 0 Å². The Bertz CT molecular complexity index is 405. The Balaban J connectivity index is 1.96. The molecule has 2 rings (SSSR count). The number of amides is 1. The van der Waals surface area contributed by atoms with Crippen LogP contribution in [0.3, 0.4) is 0 Å². The van der Waals surface area contributed by atoms with E-state index < -0.39 is 0 Å². The second kappa shape index (κ2) is 5.54. The Kier molecular flexibility index (Phi) is 4.06. The van der Waals surface area contributed by atoms with Crippen LogP contribution >= 0.6 is 11.6 Å². The van der Waals surface area contributed by atoms with Crippen molar-refractivity contribution in [2.75, 3.05) is 5.88 Å². The summed E-state index contributed by atoms with van der Waals surface area (Å²) in [6.07, 6.45) is 3.02. The predicted molar refractivity (Wildman–Crippen MR) is 70.3 cm³/mol. The molecule has 0 aliphatic heterocycles. The van der Waals surface area contributed by atoms with E-state index in [9.17, 15) is 4.79 Å². The first kappa shape index (κ1) is 12.4. The fourth-order valence-corrected chi connectivity index (χ4v) is 2.37. The van der Waals surface area contributed by atoms with Crippen LogP contribution in [0.15, 0.2) is 24.3 Å². The first-order chi connectivity index (χ1) is 8.20. The van der Waals surface area contributed by atoms with Crippen molar-refractivity contribution in [3.63, 3.8) is 0 Å². The SMILES string of the molecule is CC(CCl)C(=O)NC1CCc2ccccc2C1. The first-order valence-electron chi connectivity index (χ1n) is 6.14. The van der Waals surface area contributed by atoms with Gasteiger partial charge in [0.25, 0.3) is 0 Å². The second-order valence-corrected chi connectivity index (χ2v) is 5.08. The third kappa shape index (κ3) is 3.01. The number of hydrogen-bond acceptors (Lipinski definition) is 1. The zero-order chi connectivity index (χ0) is 12.3. The van der Waals surface area contributed by atoms with Crippen LogP contribution in [0, 0.1) is 5.92 Å². The van der Waals surface area contributed by atoms with Gasteiger partial charge in [-0.05, 0) is 30.4 Å². The van der Waals surface area contributed by atoms with Crippen LogP contribution in [-0.2, 0) is 17.6 Å². The zero-order valence-corrected chi connectivity index (χ0v) is 10.8. The van der Waals surface area contributed by atoms with E-state index in [2.05, 4.69) is 29.6 Å². The van der Waals surface area contributed by atoms with Crippen molar-refractivity contribution >= 4 is 17.5 Å². The molecule has 92 valence electrons. The smallest absolute Gasteiger partial charge is 0.224 e. The molecule has 0 radical (unpaired) electrons. The molecule has 17 heavy (non-hydrogen) atoms. The largest absolute Gasteiger partial charge is 0.353 e. The van der Waals surface area contributed by atoms with Crippen LogP contribution in [0.1, 0.15) is 24.5 Å². The zero-order valence-electron chi connectivity index (χ0n) is 10.1. The van der Waals surface area contributed by atoms with E-state index in [4.69, 9.17) is 11.6 Å². The molecule has 0 bridgehead atoms. The summed E-state index contributed by atoms with van der Waals surface area (Å²) in [6, 6.07) is 8.73. The van der Waals surface area contributed by atoms with E-state index in [-0.39, 0.29) is 17.9 Å². The molecule has 0 spiro atoms. The van der Waals surface area contributed by atoms with E-state index in [1.165, 1.54) is 11.1 Å². The quantitative estimate of drug-likeness (QED) is 0.822. The third-order valence-corrected chi connectivity index (χ3v) is 3.84. The van der Waals surface area contributed by atoms with Gasteiger partial charge in [0, 0.05) is 17.8 Å². The molecule has 0 saturated carbocycles. The van der Waals surface area contributed by atoms with Crippen molar-refractivity contribution in [3.8, 4) is 0 Å². The van der Waals surface area contributed by atoms with Crippen molar-refractivity contribution in [1.82, 2.24) is 5.32 Å².